The quantitative estimate of drug-likeness (QED) is 0.763. The van der Waals surface area contributed by atoms with E-state index >= 15 is 0 Å². The van der Waals surface area contributed by atoms with Crippen molar-refractivity contribution >= 4 is 11.0 Å². The highest BCUT2D eigenvalue weighted by Crippen LogP contribution is 2.34. The zero-order chi connectivity index (χ0) is 14.2. The average molecular weight is 277 g/mol. The Balaban J connectivity index is 1.43. The second kappa shape index (κ2) is 5.05. The summed E-state index contributed by atoms with van der Waals surface area (Å²) in [4.78, 5) is 0. The molecule has 0 radical (unpaired) electrons. The van der Waals surface area contributed by atoms with E-state index in [4.69, 9.17) is 4.42 Å². The fraction of sp³-hybridized carbons (Fsp3) is 0.263. The minimum absolute atomic E-state index is 0.241. The normalized spacial score (nSPS) is 18.2. The number of rotatable bonds is 4. The monoisotopic (exact) mass is 277 g/mol. The second-order valence-electron chi connectivity index (χ2n) is 5.92. The standard InChI is InChI=1S/C19H19NO/c1-13(19-11-15-7-3-5-9-18(15)21-19)20-12-16-10-14-6-2-4-8-17(14)16/h2-9,11,13,16,20H,10,12H2,1H3. The van der Waals surface area contributed by atoms with E-state index in [0.29, 0.717) is 5.92 Å². The molecule has 1 aliphatic carbocycles. The van der Waals surface area contributed by atoms with Gasteiger partial charge in [-0.2, -0.15) is 0 Å². The Morgan fingerprint density at radius 3 is 2.81 bits per heavy atom. The largest absolute Gasteiger partial charge is 0.459 e. The minimum Gasteiger partial charge on any atom is -0.459 e. The highest BCUT2D eigenvalue weighted by molar-refractivity contribution is 5.77. The summed E-state index contributed by atoms with van der Waals surface area (Å²) in [5.41, 5.74) is 3.97. The maximum Gasteiger partial charge on any atom is 0.134 e. The lowest BCUT2D eigenvalue weighted by atomic mass is 9.77. The first-order chi connectivity index (χ1) is 10.3. The number of para-hydroxylation sites is 1. The number of benzene rings is 2. The molecule has 0 amide bonds. The fourth-order valence-electron chi connectivity index (χ4n) is 3.18. The van der Waals surface area contributed by atoms with Crippen LogP contribution in [0.2, 0.25) is 0 Å². The van der Waals surface area contributed by atoms with Crippen LogP contribution in [0, 0.1) is 0 Å². The lowest BCUT2D eigenvalue weighted by molar-refractivity contribution is 0.426. The molecule has 1 N–H and O–H groups in total. The van der Waals surface area contributed by atoms with Crippen molar-refractivity contribution in [3.8, 4) is 0 Å². The number of hydrogen-bond donors (Lipinski definition) is 1. The molecule has 2 heteroatoms. The van der Waals surface area contributed by atoms with Crippen LogP contribution >= 0.6 is 0 Å². The van der Waals surface area contributed by atoms with Crippen molar-refractivity contribution in [1.29, 1.82) is 0 Å². The number of nitrogens with one attached hydrogen (secondary N) is 1. The van der Waals surface area contributed by atoms with Crippen molar-refractivity contribution in [3.05, 3.63) is 71.5 Å². The Kier molecular flexibility index (Phi) is 3.04. The number of furan rings is 1. The molecule has 2 nitrogen and oxygen atoms in total. The average Bonchev–Trinajstić information content (AvgIpc) is 2.92. The van der Waals surface area contributed by atoms with Gasteiger partial charge in [0.1, 0.15) is 11.3 Å². The first kappa shape index (κ1) is 12.7. The van der Waals surface area contributed by atoms with E-state index < -0.39 is 0 Å². The number of fused-ring (bicyclic) bond motifs is 2. The molecule has 2 unspecified atom stereocenters. The lowest BCUT2D eigenvalue weighted by Crippen LogP contribution is -2.30. The van der Waals surface area contributed by atoms with Crippen LogP contribution in [0.3, 0.4) is 0 Å². The van der Waals surface area contributed by atoms with Gasteiger partial charge < -0.3 is 9.73 Å². The predicted molar refractivity (Wildman–Crippen MR) is 85.5 cm³/mol. The summed E-state index contributed by atoms with van der Waals surface area (Å²) < 4.78 is 5.92. The molecule has 2 atom stereocenters. The van der Waals surface area contributed by atoms with Gasteiger partial charge in [0.15, 0.2) is 0 Å². The van der Waals surface area contributed by atoms with Crippen molar-refractivity contribution in [2.45, 2.75) is 25.3 Å². The summed E-state index contributed by atoms with van der Waals surface area (Å²) in [6.07, 6.45) is 1.19. The molecule has 0 bridgehead atoms. The van der Waals surface area contributed by atoms with Crippen molar-refractivity contribution in [1.82, 2.24) is 5.32 Å². The zero-order valence-corrected chi connectivity index (χ0v) is 12.2. The number of hydrogen-bond acceptors (Lipinski definition) is 2. The molecule has 3 aromatic rings. The van der Waals surface area contributed by atoms with Gasteiger partial charge in [-0.25, -0.2) is 0 Å². The fourth-order valence-corrected chi connectivity index (χ4v) is 3.18. The highest BCUT2D eigenvalue weighted by Gasteiger charge is 2.25. The van der Waals surface area contributed by atoms with E-state index in [0.717, 1.165) is 17.9 Å². The van der Waals surface area contributed by atoms with Crippen LogP contribution in [0.25, 0.3) is 11.0 Å². The van der Waals surface area contributed by atoms with Gasteiger partial charge in [-0.05, 0) is 36.6 Å². The summed E-state index contributed by atoms with van der Waals surface area (Å²) in [5.74, 6) is 1.66. The predicted octanol–water partition coefficient (Wildman–Crippen LogP) is 4.42. The smallest absolute Gasteiger partial charge is 0.134 e. The first-order valence-corrected chi connectivity index (χ1v) is 7.61. The van der Waals surface area contributed by atoms with Crippen LogP contribution in [0.15, 0.2) is 59.0 Å². The van der Waals surface area contributed by atoms with E-state index in [1.165, 1.54) is 22.9 Å². The lowest BCUT2D eigenvalue weighted by Gasteiger charge is -2.31. The van der Waals surface area contributed by atoms with Crippen LogP contribution in [-0.4, -0.2) is 6.54 Å². The topological polar surface area (TPSA) is 25.2 Å². The summed E-state index contributed by atoms with van der Waals surface area (Å²) in [6, 6.07) is 19.3. The van der Waals surface area contributed by atoms with Gasteiger partial charge in [0.2, 0.25) is 0 Å². The van der Waals surface area contributed by atoms with Gasteiger partial charge in [0, 0.05) is 17.8 Å². The molecule has 1 aliphatic rings. The van der Waals surface area contributed by atoms with E-state index in [9.17, 15) is 0 Å². The molecular formula is C19H19NO. The molecule has 0 saturated heterocycles. The van der Waals surface area contributed by atoms with Crippen LogP contribution in [0.5, 0.6) is 0 Å². The molecule has 0 aliphatic heterocycles. The van der Waals surface area contributed by atoms with Crippen LogP contribution in [0.4, 0.5) is 0 Å². The van der Waals surface area contributed by atoms with Gasteiger partial charge in [-0.15, -0.1) is 0 Å². The summed E-state index contributed by atoms with van der Waals surface area (Å²) in [5, 5.41) is 4.79. The third kappa shape index (κ3) is 2.26. The zero-order valence-electron chi connectivity index (χ0n) is 12.2. The van der Waals surface area contributed by atoms with Gasteiger partial charge in [-0.1, -0.05) is 42.5 Å². The third-order valence-corrected chi connectivity index (χ3v) is 4.50. The Bertz CT molecular complexity index is 741. The molecule has 2 aromatic carbocycles. The Morgan fingerprint density at radius 1 is 1.14 bits per heavy atom. The van der Waals surface area contributed by atoms with Gasteiger partial charge in [0.05, 0.1) is 6.04 Å². The Morgan fingerprint density at radius 2 is 1.95 bits per heavy atom. The summed E-state index contributed by atoms with van der Waals surface area (Å²) in [6.45, 7) is 3.18. The molecule has 21 heavy (non-hydrogen) atoms. The van der Waals surface area contributed by atoms with Crippen LogP contribution < -0.4 is 5.32 Å². The van der Waals surface area contributed by atoms with Gasteiger partial charge in [0.25, 0.3) is 0 Å². The van der Waals surface area contributed by atoms with E-state index in [-0.39, 0.29) is 6.04 Å². The second-order valence-corrected chi connectivity index (χ2v) is 5.92. The van der Waals surface area contributed by atoms with Crippen molar-refractivity contribution in [2.24, 2.45) is 0 Å². The molecule has 106 valence electrons. The van der Waals surface area contributed by atoms with Crippen molar-refractivity contribution in [2.75, 3.05) is 6.54 Å². The molecule has 0 spiro atoms. The van der Waals surface area contributed by atoms with Gasteiger partial charge in [-0.3, -0.25) is 0 Å². The summed E-state index contributed by atoms with van der Waals surface area (Å²) >= 11 is 0. The maximum atomic E-state index is 5.92. The molecular weight excluding hydrogens is 258 g/mol. The molecule has 1 heterocycles. The molecule has 4 rings (SSSR count). The molecule has 0 fully saturated rings. The SMILES string of the molecule is CC(NCC1Cc2ccccc21)c1cc2ccccc2o1. The van der Waals surface area contributed by atoms with Crippen molar-refractivity contribution < 1.29 is 4.42 Å². The van der Waals surface area contributed by atoms with Crippen molar-refractivity contribution in [3.63, 3.8) is 0 Å². The van der Waals surface area contributed by atoms with Crippen LogP contribution in [-0.2, 0) is 6.42 Å². The third-order valence-electron chi connectivity index (χ3n) is 4.50. The minimum atomic E-state index is 0.241. The maximum absolute atomic E-state index is 5.92. The Hall–Kier alpha value is -2.06. The first-order valence-electron chi connectivity index (χ1n) is 7.61. The van der Waals surface area contributed by atoms with Gasteiger partial charge >= 0.3 is 0 Å². The van der Waals surface area contributed by atoms with E-state index in [1.807, 2.05) is 18.2 Å². The van der Waals surface area contributed by atoms with E-state index in [1.54, 1.807) is 0 Å². The highest BCUT2D eigenvalue weighted by atomic mass is 16.3. The molecule has 1 aromatic heterocycles. The molecule has 0 saturated carbocycles. The van der Waals surface area contributed by atoms with Crippen LogP contribution in [0.1, 0.15) is 35.8 Å². The van der Waals surface area contributed by atoms with E-state index in [2.05, 4.69) is 48.6 Å². The Labute approximate surface area is 124 Å². The summed E-state index contributed by atoms with van der Waals surface area (Å²) in [7, 11) is 0.